The molecule has 0 fully saturated rings. The van der Waals surface area contributed by atoms with Crippen LogP contribution in [0.5, 0.6) is 11.5 Å². The van der Waals surface area contributed by atoms with Gasteiger partial charge in [-0.25, -0.2) is 4.68 Å². The van der Waals surface area contributed by atoms with E-state index < -0.39 is 0 Å². The molecule has 0 N–H and O–H groups in total. The predicted octanol–water partition coefficient (Wildman–Crippen LogP) is 2.26. The van der Waals surface area contributed by atoms with Crippen LogP contribution in [0.15, 0.2) is 41.2 Å². The molecule has 0 spiro atoms. The van der Waals surface area contributed by atoms with Gasteiger partial charge in [-0.3, -0.25) is 4.79 Å². The van der Waals surface area contributed by atoms with Crippen molar-refractivity contribution in [2.75, 3.05) is 13.2 Å². The number of fused-ring (bicyclic) bond motifs is 2. The van der Waals surface area contributed by atoms with Gasteiger partial charge in [0.2, 0.25) is 0 Å². The quantitative estimate of drug-likeness (QED) is 0.721. The highest BCUT2D eigenvalue weighted by Crippen LogP contribution is 2.38. The number of aromatic nitrogens is 3. The van der Waals surface area contributed by atoms with Gasteiger partial charge >= 0.3 is 0 Å². The number of rotatable bonds is 2. The van der Waals surface area contributed by atoms with Gasteiger partial charge in [-0.1, -0.05) is 28.9 Å². The van der Waals surface area contributed by atoms with E-state index in [0.29, 0.717) is 40.6 Å². The summed E-state index contributed by atoms with van der Waals surface area (Å²) in [4.78, 5) is 12.5. The molecule has 0 unspecified atom stereocenters. The van der Waals surface area contributed by atoms with Gasteiger partial charge in [-0.05, 0) is 29.8 Å². The lowest BCUT2D eigenvalue weighted by Gasteiger charge is -2.20. The molecule has 1 aromatic heterocycles. The lowest BCUT2D eigenvalue weighted by atomic mass is 10.2. The van der Waals surface area contributed by atoms with E-state index in [9.17, 15) is 4.79 Å². The van der Waals surface area contributed by atoms with E-state index in [-0.39, 0.29) is 12.1 Å². The van der Waals surface area contributed by atoms with Gasteiger partial charge in [0.25, 0.3) is 5.56 Å². The summed E-state index contributed by atoms with van der Waals surface area (Å²) in [6.45, 7) is 1.21. The van der Waals surface area contributed by atoms with Crippen molar-refractivity contribution in [2.45, 2.75) is 6.54 Å². The van der Waals surface area contributed by atoms with Gasteiger partial charge in [-0.15, -0.1) is 5.10 Å². The molecule has 0 radical (unpaired) electrons. The van der Waals surface area contributed by atoms with E-state index in [0.717, 1.165) is 5.56 Å². The highest BCUT2D eigenvalue weighted by Gasteiger charge is 2.17. The maximum absolute atomic E-state index is 12.5. The Balaban J connectivity index is 1.75. The third kappa shape index (κ3) is 2.51. The Morgan fingerprint density at radius 3 is 2.91 bits per heavy atom. The fourth-order valence-electron chi connectivity index (χ4n) is 2.56. The molecule has 1 aliphatic heterocycles. The lowest BCUT2D eigenvalue weighted by molar-refractivity contribution is 0.171. The second-order valence-electron chi connectivity index (χ2n) is 5.17. The van der Waals surface area contributed by atoms with E-state index in [1.165, 1.54) is 4.68 Å². The zero-order chi connectivity index (χ0) is 15.8. The minimum Gasteiger partial charge on any atom is -0.486 e. The molecule has 3 aromatic rings. The zero-order valence-electron chi connectivity index (χ0n) is 12.0. The number of ether oxygens (including phenoxy) is 2. The maximum Gasteiger partial charge on any atom is 0.277 e. The van der Waals surface area contributed by atoms with Crippen molar-refractivity contribution in [3.63, 3.8) is 0 Å². The number of hydrogen-bond donors (Lipinski definition) is 0. The molecule has 1 aliphatic rings. The molecule has 2 aromatic carbocycles. The van der Waals surface area contributed by atoms with Gasteiger partial charge < -0.3 is 9.47 Å². The highest BCUT2D eigenvalue weighted by molar-refractivity contribution is 6.32. The molecule has 23 heavy (non-hydrogen) atoms. The molecule has 6 nitrogen and oxygen atoms in total. The summed E-state index contributed by atoms with van der Waals surface area (Å²) < 4.78 is 12.3. The van der Waals surface area contributed by atoms with Crippen molar-refractivity contribution in [3.8, 4) is 11.5 Å². The monoisotopic (exact) mass is 329 g/mol. The molecule has 0 bridgehead atoms. The topological polar surface area (TPSA) is 66.2 Å². The molecule has 0 atom stereocenters. The van der Waals surface area contributed by atoms with Crippen LogP contribution in [0.1, 0.15) is 5.56 Å². The van der Waals surface area contributed by atoms with Crippen LogP contribution in [0.4, 0.5) is 0 Å². The molecule has 7 heteroatoms. The van der Waals surface area contributed by atoms with Crippen LogP contribution in [0.3, 0.4) is 0 Å². The smallest absolute Gasteiger partial charge is 0.277 e. The molecule has 116 valence electrons. The van der Waals surface area contributed by atoms with Gasteiger partial charge in [0.1, 0.15) is 18.7 Å². The van der Waals surface area contributed by atoms with Crippen molar-refractivity contribution < 1.29 is 9.47 Å². The van der Waals surface area contributed by atoms with Crippen LogP contribution < -0.4 is 15.0 Å². The third-order valence-electron chi connectivity index (χ3n) is 3.62. The van der Waals surface area contributed by atoms with Gasteiger partial charge in [-0.2, -0.15) is 0 Å². The number of halogens is 1. The molecular formula is C16H12ClN3O3. The second-order valence-corrected chi connectivity index (χ2v) is 5.58. The molecule has 4 rings (SSSR count). The van der Waals surface area contributed by atoms with Crippen molar-refractivity contribution in [1.29, 1.82) is 0 Å². The Morgan fingerprint density at radius 1 is 1.17 bits per heavy atom. The molecule has 0 aliphatic carbocycles. The van der Waals surface area contributed by atoms with E-state index >= 15 is 0 Å². The Kier molecular flexibility index (Phi) is 3.38. The number of benzene rings is 2. The summed E-state index contributed by atoms with van der Waals surface area (Å²) in [6.07, 6.45) is 0. The van der Waals surface area contributed by atoms with Crippen LogP contribution in [0.2, 0.25) is 5.02 Å². The first-order valence-corrected chi connectivity index (χ1v) is 7.51. The molecule has 2 heterocycles. The summed E-state index contributed by atoms with van der Waals surface area (Å²) in [6, 6.07) is 10.7. The normalized spacial score (nSPS) is 13.3. The predicted molar refractivity (Wildman–Crippen MR) is 85.3 cm³/mol. The largest absolute Gasteiger partial charge is 0.486 e. The molecule has 0 amide bonds. The minimum absolute atomic E-state index is 0.193. The molecule has 0 saturated carbocycles. The van der Waals surface area contributed by atoms with E-state index in [1.807, 2.05) is 12.1 Å². The minimum atomic E-state index is -0.193. The van der Waals surface area contributed by atoms with Gasteiger partial charge in [0.05, 0.1) is 17.0 Å². The second kappa shape index (κ2) is 5.55. The maximum atomic E-state index is 12.5. The molecular weight excluding hydrogens is 318 g/mol. The summed E-state index contributed by atoms with van der Waals surface area (Å²) in [5, 5.41) is 9.05. The first kappa shape index (κ1) is 14.0. The summed E-state index contributed by atoms with van der Waals surface area (Å²) >= 11 is 6.22. The van der Waals surface area contributed by atoms with Crippen LogP contribution >= 0.6 is 11.6 Å². The third-order valence-corrected chi connectivity index (χ3v) is 3.90. The number of nitrogens with zero attached hydrogens (tertiary/aromatic N) is 3. The van der Waals surface area contributed by atoms with Crippen molar-refractivity contribution >= 4 is 22.5 Å². The van der Waals surface area contributed by atoms with E-state index in [4.69, 9.17) is 21.1 Å². The summed E-state index contributed by atoms with van der Waals surface area (Å²) in [5.74, 6) is 1.12. The number of hydrogen-bond acceptors (Lipinski definition) is 5. The Labute approximate surface area is 136 Å². The fraction of sp³-hybridized carbons (Fsp3) is 0.188. The fourth-order valence-corrected chi connectivity index (χ4v) is 2.84. The van der Waals surface area contributed by atoms with Crippen LogP contribution in [-0.4, -0.2) is 28.2 Å². The first-order chi connectivity index (χ1) is 11.2. The van der Waals surface area contributed by atoms with Crippen LogP contribution in [0, 0.1) is 0 Å². The van der Waals surface area contributed by atoms with E-state index in [1.54, 1.807) is 24.3 Å². The molecule has 0 saturated heterocycles. The van der Waals surface area contributed by atoms with Gasteiger partial charge in [0, 0.05) is 0 Å². The summed E-state index contributed by atoms with van der Waals surface area (Å²) in [5.41, 5.74) is 1.18. The van der Waals surface area contributed by atoms with E-state index in [2.05, 4.69) is 10.3 Å². The van der Waals surface area contributed by atoms with Crippen molar-refractivity contribution in [3.05, 3.63) is 57.3 Å². The van der Waals surface area contributed by atoms with Crippen LogP contribution in [-0.2, 0) is 6.54 Å². The lowest BCUT2D eigenvalue weighted by Crippen LogP contribution is -2.25. The van der Waals surface area contributed by atoms with Crippen LogP contribution in [0.25, 0.3) is 10.9 Å². The average molecular weight is 330 g/mol. The SMILES string of the molecule is O=c1c2ccccc2nnn1Cc1cc(Cl)c2c(c1)OCCO2. The van der Waals surface area contributed by atoms with Crippen molar-refractivity contribution in [2.24, 2.45) is 0 Å². The zero-order valence-corrected chi connectivity index (χ0v) is 12.8. The summed E-state index contributed by atoms with van der Waals surface area (Å²) in [7, 11) is 0. The van der Waals surface area contributed by atoms with Gasteiger partial charge in [0.15, 0.2) is 11.5 Å². The van der Waals surface area contributed by atoms with Crippen molar-refractivity contribution in [1.82, 2.24) is 15.0 Å². The highest BCUT2D eigenvalue weighted by atomic mass is 35.5. The Bertz CT molecular complexity index is 955. The standard InChI is InChI=1S/C16H12ClN3O3/c17-12-7-10(8-14-15(12)23-6-5-22-14)9-20-16(21)11-3-1-2-4-13(11)18-19-20/h1-4,7-8H,5-6,9H2. The Morgan fingerprint density at radius 2 is 2.00 bits per heavy atom. The first-order valence-electron chi connectivity index (χ1n) is 7.13. The Hall–Kier alpha value is -2.60. The average Bonchev–Trinajstić information content (AvgIpc) is 2.58.